The van der Waals surface area contributed by atoms with Crippen LogP contribution in [-0.4, -0.2) is 73.2 Å². The van der Waals surface area contributed by atoms with Crippen LogP contribution in [0, 0.1) is 6.92 Å². The zero-order valence-electron chi connectivity index (χ0n) is 21.6. The third-order valence-electron chi connectivity index (χ3n) is 6.08. The van der Waals surface area contributed by atoms with Crippen molar-refractivity contribution in [3.8, 4) is 0 Å². The van der Waals surface area contributed by atoms with Gasteiger partial charge in [0.25, 0.3) is 5.91 Å². The van der Waals surface area contributed by atoms with Gasteiger partial charge >= 0.3 is 0 Å². The number of aryl methyl sites for hydroxylation is 1. The van der Waals surface area contributed by atoms with Crippen LogP contribution >= 0.6 is 0 Å². The number of hydrogen-bond acceptors (Lipinski definition) is 4. The molecule has 0 bridgehead atoms. The summed E-state index contributed by atoms with van der Waals surface area (Å²) in [4.78, 5) is 30.2. The third-order valence-corrected chi connectivity index (χ3v) is 6.08. The monoisotopic (exact) mass is 491 g/mol. The van der Waals surface area contributed by atoms with Crippen LogP contribution in [-0.2, 0) is 27.4 Å². The van der Waals surface area contributed by atoms with Crippen LogP contribution in [0.25, 0.3) is 0 Å². The average Bonchev–Trinajstić information content (AvgIpc) is 3.32. The number of rotatable bonds is 14. The van der Waals surface area contributed by atoms with Crippen LogP contribution in [0.4, 0.5) is 0 Å². The number of amides is 2. The molecule has 0 saturated heterocycles. The van der Waals surface area contributed by atoms with Crippen molar-refractivity contribution >= 4 is 11.8 Å². The van der Waals surface area contributed by atoms with Crippen LogP contribution in [0.15, 0.2) is 72.9 Å². The summed E-state index contributed by atoms with van der Waals surface area (Å²) in [6.45, 7) is 4.96. The predicted molar refractivity (Wildman–Crippen MR) is 141 cm³/mol. The van der Waals surface area contributed by atoms with Gasteiger partial charge in [0, 0.05) is 57.9 Å². The minimum absolute atomic E-state index is 0.000464. The highest BCUT2D eigenvalue weighted by molar-refractivity contribution is 5.96. The minimum atomic E-state index is -0.154. The van der Waals surface area contributed by atoms with Gasteiger partial charge in [-0.05, 0) is 43.2 Å². The van der Waals surface area contributed by atoms with E-state index in [0.29, 0.717) is 44.8 Å². The highest BCUT2D eigenvalue weighted by Crippen LogP contribution is 2.13. The topological polar surface area (TPSA) is 64.0 Å². The van der Waals surface area contributed by atoms with Crippen LogP contribution in [0.3, 0.4) is 0 Å². The summed E-state index contributed by atoms with van der Waals surface area (Å²) in [6.07, 6.45) is 2.68. The SMILES string of the molecule is COCCCN(CC(=O)N(CCOC)Cc1cccn1Cc1ccccc1)C(=O)c1ccc(C)cc1. The Labute approximate surface area is 214 Å². The molecule has 192 valence electrons. The van der Waals surface area contributed by atoms with E-state index in [1.807, 2.05) is 67.7 Å². The summed E-state index contributed by atoms with van der Waals surface area (Å²) < 4.78 is 12.6. The van der Waals surface area contributed by atoms with Crippen molar-refractivity contribution in [1.82, 2.24) is 14.4 Å². The largest absolute Gasteiger partial charge is 0.385 e. The second kappa shape index (κ2) is 14.2. The van der Waals surface area contributed by atoms with Crippen molar-refractivity contribution in [2.24, 2.45) is 0 Å². The Bertz CT molecular complexity index is 1080. The van der Waals surface area contributed by atoms with E-state index in [2.05, 4.69) is 16.7 Å². The number of benzene rings is 2. The van der Waals surface area contributed by atoms with E-state index in [9.17, 15) is 9.59 Å². The van der Waals surface area contributed by atoms with Gasteiger partial charge in [0.2, 0.25) is 5.91 Å². The molecule has 2 amide bonds. The van der Waals surface area contributed by atoms with Gasteiger partial charge in [-0.1, -0.05) is 48.0 Å². The summed E-state index contributed by atoms with van der Waals surface area (Å²) in [5.74, 6) is -0.268. The number of nitrogens with zero attached hydrogens (tertiary/aromatic N) is 3. The van der Waals surface area contributed by atoms with Crippen LogP contribution in [0.5, 0.6) is 0 Å². The molecule has 1 aromatic heterocycles. The number of ether oxygens (including phenoxy) is 2. The summed E-state index contributed by atoms with van der Waals surface area (Å²) >= 11 is 0. The molecule has 0 aliphatic carbocycles. The smallest absolute Gasteiger partial charge is 0.254 e. The zero-order chi connectivity index (χ0) is 25.8. The first kappa shape index (κ1) is 27.2. The fourth-order valence-electron chi connectivity index (χ4n) is 4.01. The first-order chi connectivity index (χ1) is 17.5. The molecular formula is C29H37N3O4. The van der Waals surface area contributed by atoms with Gasteiger partial charge in [0.05, 0.1) is 13.2 Å². The Hall–Kier alpha value is -3.42. The fourth-order valence-corrected chi connectivity index (χ4v) is 4.01. The molecule has 0 N–H and O–H groups in total. The third kappa shape index (κ3) is 8.07. The molecule has 36 heavy (non-hydrogen) atoms. The summed E-state index contributed by atoms with van der Waals surface area (Å²) in [5.41, 5.74) is 3.88. The zero-order valence-corrected chi connectivity index (χ0v) is 21.6. The average molecular weight is 492 g/mol. The molecule has 2 aromatic carbocycles. The lowest BCUT2D eigenvalue weighted by molar-refractivity contribution is -0.133. The molecule has 0 atom stereocenters. The molecule has 7 heteroatoms. The number of methoxy groups -OCH3 is 2. The highest BCUT2D eigenvalue weighted by atomic mass is 16.5. The molecule has 0 saturated carbocycles. The van der Waals surface area contributed by atoms with E-state index in [-0.39, 0.29) is 18.4 Å². The standard InChI is InChI=1S/C29H37N3O4/c1-24-12-14-26(15-13-24)29(34)32(17-8-19-35-2)23-28(33)31(18-20-36-3)22-27-11-7-16-30(27)21-25-9-5-4-6-10-25/h4-7,9-16H,8,17-23H2,1-3H3. The molecule has 0 fully saturated rings. The molecule has 0 spiro atoms. The van der Waals surface area contributed by atoms with Crippen molar-refractivity contribution in [1.29, 1.82) is 0 Å². The maximum Gasteiger partial charge on any atom is 0.254 e. The van der Waals surface area contributed by atoms with Gasteiger partial charge in [0.15, 0.2) is 0 Å². The summed E-state index contributed by atoms with van der Waals surface area (Å²) in [5, 5.41) is 0. The van der Waals surface area contributed by atoms with Gasteiger partial charge in [-0.2, -0.15) is 0 Å². The molecule has 3 aromatic rings. The van der Waals surface area contributed by atoms with E-state index in [4.69, 9.17) is 9.47 Å². The Kier molecular flexibility index (Phi) is 10.7. The molecule has 1 heterocycles. The van der Waals surface area contributed by atoms with Crippen molar-refractivity contribution in [2.45, 2.75) is 26.4 Å². The molecule has 3 rings (SSSR count). The predicted octanol–water partition coefficient (Wildman–Crippen LogP) is 4.00. The van der Waals surface area contributed by atoms with Gasteiger partial charge in [0.1, 0.15) is 6.54 Å². The fraction of sp³-hybridized carbons (Fsp3) is 0.379. The first-order valence-electron chi connectivity index (χ1n) is 12.3. The second-order valence-electron chi connectivity index (χ2n) is 8.86. The van der Waals surface area contributed by atoms with E-state index in [0.717, 1.165) is 17.8 Å². The lowest BCUT2D eigenvalue weighted by Gasteiger charge is -2.28. The Balaban J connectivity index is 1.75. The Morgan fingerprint density at radius 3 is 2.25 bits per heavy atom. The summed E-state index contributed by atoms with van der Waals surface area (Å²) in [6, 6.07) is 21.7. The van der Waals surface area contributed by atoms with Gasteiger partial charge in [-0.15, -0.1) is 0 Å². The number of carbonyl (C=O) groups is 2. The van der Waals surface area contributed by atoms with E-state index < -0.39 is 0 Å². The van der Waals surface area contributed by atoms with E-state index in [1.165, 1.54) is 5.56 Å². The van der Waals surface area contributed by atoms with Crippen molar-refractivity contribution < 1.29 is 19.1 Å². The Morgan fingerprint density at radius 1 is 0.833 bits per heavy atom. The van der Waals surface area contributed by atoms with Crippen molar-refractivity contribution in [3.05, 3.63) is 95.3 Å². The van der Waals surface area contributed by atoms with Crippen molar-refractivity contribution in [2.75, 3.05) is 47.1 Å². The van der Waals surface area contributed by atoms with E-state index >= 15 is 0 Å². The van der Waals surface area contributed by atoms with E-state index in [1.54, 1.807) is 24.0 Å². The normalized spacial score (nSPS) is 10.9. The summed E-state index contributed by atoms with van der Waals surface area (Å²) in [7, 11) is 3.26. The maximum absolute atomic E-state index is 13.5. The van der Waals surface area contributed by atoms with Gasteiger partial charge in [-0.25, -0.2) is 0 Å². The molecule has 0 aliphatic rings. The lowest BCUT2D eigenvalue weighted by atomic mass is 10.1. The lowest BCUT2D eigenvalue weighted by Crippen LogP contribution is -2.44. The molecule has 0 radical (unpaired) electrons. The van der Waals surface area contributed by atoms with Gasteiger partial charge in [-0.3, -0.25) is 9.59 Å². The Morgan fingerprint density at radius 2 is 1.56 bits per heavy atom. The van der Waals surface area contributed by atoms with Gasteiger partial charge < -0.3 is 23.8 Å². The highest BCUT2D eigenvalue weighted by Gasteiger charge is 2.23. The number of carbonyl (C=O) groups excluding carboxylic acids is 2. The molecule has 0 aliphatic heterocycles. The molecular weight excluding hydrogens is 454 g/mol. The van der Waals surface area contributed by atoms with Crippen LogP contribution < -0.4 is 0 Å². The van der Waals surface area contributed by atoms with Crippen LogP contribution in [0.2, 0.25) is 0 Å². The quantitative estimate of drug-likeness (QED) is 0.320. The first-order valence-corrected chi connectivity index (χ1v) is 12.3. The maximum atomic E-state index is 13.5. The minimum Gasteiger partial charge on any atom is -0.385 e. The second-order valence-corrected chi connectivity index (χ2v) is 8.86. The van der Waals surface area contributed by atoms with Crippen LogP contribution in [0.1, 0.15) is 33.6 Å². The molecule has 7 nitrogen and oxygen atoms in total. The number of aromatic nitrogens is 1. The molecule has 0 unspecified atom stereocenters. The number of hydrogen-bond donors (Lipinski definition) is 0. The van der Waals surface area contributed by atoms with Crippen molar-refractivity contribution in [3.63, 3.8) is 0 Å².